The van der Waals surface area contributed by atoms with Crippen LogP contribution in [0.3, 0.4) is 0 Å². The van der Waals surface area contributed by atoms with Crippen LogP contribution in [0.25, 0.3) is 0 Å². The maximum atomic E-state index is 8.95. The molecule has 1 N–H and O–H groups in total. The van der Waals surface area contributed by atoms with E-state index in [9.17, 15) is 0 Å². The quantitative estimate of drug-likeness (QED) is 0.242. The van der Waals surface area contributed by atoms with Crippen molar-refractivity contribution in [1.82, 2.24) is 0 Å². The maximum absolute atomic E-state index is 8.95. The molecule has 1 aliphatic heterocycles. The first-order valence-electron chi connectivity index (χ1n) is 6.86. The van der Waals surface area contributed by atoms with E-state index in [-0.39, 0.29) is 41.6 Å². The van der Waals surface area contributed by atoms with E-state index in [1.807, 2.05) is 0 Å². The summed E-state index contributed by atoms with van der Waals surface area (Å²) in [5.74, 6) is 1.05. The SMILES string of the molecule is CCCCC[C@H](O)CCl.ClC[C@@H]1CO1.[CH2-]CCC.[Cl-].[Mg+2]. The molecule has 0 aromatic heterocycles. The van der Waals surface area contributed by atoms with Gasteiger partial charge in [0.1, 0.15) is 0 Å². The zero-order valence-electron chi connectivity index (χ0n) is 12.9. The first-order valence-corrected chi connectivity index (χ1v) is 7.93. The number of alkyl halides is 2. The summed E-state index contributed by atoms with van der Waals surface area (Å²) in [7, 11) is 0. The molecular formula is C14H29Cl3MgO2. The van der Waals surface area contributed by atoms with E-state index in [0.717, 1.165) is 25.9 Å². The average molecular weight is 360 g/mol. The summed E-state index contributed by atoms with van der Waals surface area (Å²) < 4.78 is 4.73. The Labute approximate surface area is 157 Å². The van der Waals surface area contributed by atoms with Crippen LogP contribution in [-0.4, -0.2) is 58.7 Å². The monoisotopic (exact) mass is 358 g/mol. The first-order chi connectivity index (χ1) is 8.65. The molecule has 0 aromatic carbocycles. The largest absolute Gasteiger partial charge is 2.00 e. The fourth-order valence-corrected chi connectivity index (χ4v) is 1.20. The van der Waals surface area contributed by atoms with Gasteiger partial charge in [0.25, 0.3) is 0 Å². The van der Waals surface area contributed by atoms with E-state index in [2.05, 4.69) is 20.8 Å². The number of unbranched alkanes of at least 4 members (excludes halogenated alkanes) is 3. The molecule has 2 nitrogen and oxygen atoms in total. The Morgan fingerprint density at radius 3 is 1.95 bits per heavy atom. The minimum absolute atomic E-state index is 0. The van der Waals surface area contributed by atoms with Crippen LogP contribution in [0.4, 0.5) is 0 Å². The normalized spacial score (nSPS) is 16.2. The van der Waals surface area contributed by atoms with Crippen molar-refractivity contribution in [2.24, 2.45) is 0 Å². The van der Waals surface area contributed by atoms with E-state index in [1.54, 1.807) is 0 Å². The number of epoxide rings is 1. The topological polar surface area (TPSA) is 32.8 Å². The van der Waals surface area contributed by atoms with Crippen molar-refractivity contribution in [3.8, 4) is 0 Å². The molecule has 6 heteroatoms. The van der Waals surface area contributed by atoms with Crippen LogP contribution in [0.2, 0.25) is 0 Å². The van der Waals surface area contributed by atoms with E-state index >= 15 is 0 Å². The van der Waals surface area contributed by atoms with Gasteiger partial charge in [-0.2, -0.15) is 6.42 Å². The smallest absolute Gasteiger partial charge is 1.00 e. The van der Waals surface area contributed by atoms with E-state index in [0.29, 0.717) is 17.9 Å². The van der Waals surface area contributed by atoms with Gasteiger partial charge >= 0.3 is 23.1 Å². The minimum Gasteiger partial charge on any atom is -1.00 e. The molecule has 1 aliphatic rings. The van der Waals surface area contributed by atoms with E-state index in [4.69, 9.17) is 33.0 Å². The van der Waals surface area contributed by atoms with Crippen molar-refractivity contribution in [3.05, 3.63) is 6.92 Å². The third-order valence-corrected chi connectivity index (χ3v) is 2.95. The summed E-state index contributed by atoms with van der Waals surface area (Å²) in [6.45, 7) is 8.75. The summed E-state index contributed by atoms with van der Waals surface area (Å²) in [6, 6.07) is 0. The van der Waals surface area contributed by atoms with Gasteiger partial charge in [0.2, 0.25) is 0 Å². The molecule has 0 unspecified atom stereocenters. The third kappa shape index (κ3) is 31.8. The van der Waals surface area contributed by atoms with Gasteiger partial charge < -0.3 is 29.2 Å². The van der Waals surface area contributed by atoms with Crippen molar-refractivity contribution in [2.75, 3.05) is 18.4 Å². The fourth-order valence-electron chi connectivity index (χ4n) is 0.864. The minimum atomic E-state index is -0.279. The van der Waals surface area contributed by atoms with E-state index in [1.165, 1.54) is 19.3 Å². The number of hydrogen-bond acceptors (Lipinski definition) is 2. The van der Waals surface area contributed by atoms with Gasteiger partial charge in [-0.3, -0.25) is 0 Å². The Bertz CT molecular complexity index is 148. The molecule has 1 saturated heterocycles. The molecule has 2 atom stereocenters. The summed E-state index contributed by atoms with van der Waals surface area (Å²) in [5.41, 5.74) is 0. The molecule has 0 aromatic rings. The van der Waals surface area contributed by atoms with Crippen LogP contribution >= 0.6 is 23.2 Å². The molecular weight excluding hydrogens is 331 g/mol. The molecule has 20 heavy (non-hydrogen) atoms. The van der Waals surface area contributed by atoms with E-state index < -0.39 is 0 Å². The molecule has 0 saturated carbocycles. The van der Waals surface area contributed by atoms with Gasteiger partial charge in [-0.15, -0.1) is 23.2 Å². The molecule has 0 bridgehead atoms. The van der Waals surface area contributed by atoms with Crippen LogP contribution in [0.15, 0.2) is 0 Å². The molecule has 1 fully saturated rings. The van der Waals surface area contributed by atoms with Gasteiger partial charge in [0, 0.05) is 5.88 Å². The summed E-state index contributed by atoms with van der Waals surface area (Å²) in [4.78, 5) is 0. The number of halogens is 3. The van der Waals surface area contributed by atoms with Gasteiger partial charge in [-0.1, -0.05) is 39.5 Å². The van der Waals surface area contributed by atoms with Crippen LogP contribution in [0.5, 0.6) is 0 Å². The average Bonchev–Trinajstić information content (AvgIpc) is 3.23. The van der Waals surface area contributed by atoms with Crippen molar-refractivity contribution >= 4 is 46.3 Å². The van der Waals surface area contributed by atoms with Crippen molar-refractivity contribution in [1.29, 1.82) is 0 Å². The molecule has 0 radical (unpaired) electrons. The zero-order valence-corrected chi connectivity index (χ0v) is 16.6. The molecule has 0 spiro atoms. The third-order valence-electron chi connectivity index (χ3n) is 2.25. The summed E-state index contributed by atoms with van der Waals surface area (Å²) in [5, 5.41) is 8.95. The fraction of sp³-hybridized carbons (Fsp3) is 0.929. The molecule has 1 rings (SSSR count). The second-order valence-corrected chi connectivity index (χ2v) is 4.88. The van der Waals surface area contributed by atoms with Crippen LogP contribution in [0, 0.1) is 6.92 Å². The van der Waals surface area contributed by atoms with Gasteiger partial charge in [0.05, 0.1) is 24.7 Å². The predicted molar refractivity (Wildman–Crippen MR) is 87.3 cm³/mol. The zero-order chi connectivity index (χ0) is 14.2. The summed E-state index contributed by atoms with van der Waals surface area (Å²) >= 11 is 10.7. The van der Waals surface area contributed by atoms with Crippen molar-refractivity contribution in [2.45, 2.75) is 64.6 Å². The van der Waals surface area contributed by atoms with Crippen LogP contribution in [0.1, 0.15) is 52.4 Å². The van der Waals surface area contributed by atoms with Crippen LogP contribution in [-0.2, 0) is 4.74 Å². The molecule has 0 aliphatic carbocycles. The second-order valence-electron chi connectivity index (χ2n) is 4.27. The summed E-state index contributed by atoms with van der Waals surface area (Å²) in [6.07, 6.45) is 6.76. The van der Waals surface area contributed by atoms with Crippen molar-refractivity contribution < 1.29 is 22.3 Å². The standard InChI is InChI=1S/C7H15ClO.C4H9.C3H5ClO.ClH.Mg/c1-2-3-4-5-7(9)6-8;1-3-4-2;4-1-3-2-5-3;;/h7,9H,2-6H2,1H3;1,3-4H2,2H3;3H,1-2H2;1H;/q;-1;;;+2/p-1/t7-;;3-;;/m0.1../s1. The molecule has 1 heterocycles. The van der Waals surface area contributed by atoms with Crippen molar-refractivity contribution in [3.63, 3.8) is 0 Å². The van der Waals surface area contributed by atoms with Gasteiger partial charge in [-0.05, 0) is 6.42 Å². The Kier molecular flexibility index (Phi) is 37.7. The molecule has 120 valence electrons. The molecule has 0 amide bonds. The predicted octanol–water partition coefficient (Wildman–Crippen LogP) is 1.03. The Hall–Kier alpha value is 1.56. The maximum Gasteiger partial charge on any atom is 2.00 e. The van der Waals surface area contributed by atoms with Gasteiger partial charge in [-0.25, -0.2) is 0 Å². The van der Waals surface area contributed by atoms with Gasteiger partial charge in [0.15, 0.2) is 0 Å². The number of ether oxygens (including phenoxy) is 1. The Morgan fingerprint density at radius 2 is 1.75 bits per heavy atom. The number of aliphatic hydroxyl groups excluding tert-OH is 1. The number of hydrogen-bond donors (Lipinski definition) is 1. The second kappa shape index (κ2) is 25.5. The Morgan fingerprint density at radius 1 is 1.25 bits per heavy atom. The first kappa shape index (κ1) is 29.6. The number of rotatable bonds is 7. The Balaban J connectivity index is -0.0000000998. The van der Waals surface area contributed by atoms with Crippen LogP contribution < -0.4 is 12.4 Å². The number of aliphatic hydroxyl groups is 1.